The number of fused-ring (bicyclic) bond motifs is 4. The Morgan fingerprint density at radius 3 is 1.86 bits per heavy atom. The first kappa shape index (κ1) is 42.3. The Labute approximate surface area is 398 Å². The number of ether oxygens (including phenoxy) is 1. The summed E-state index contributed by atoms with van der Waals surface area (Å²) in [6.07, 6.45) is 1.80. The van der Waals surface area contributed by atoms with Gasteiger partial charge in [-0.1, -0.05) is 151 Å². The zero-order chi connectivity index (χ0) is 44.2. The molecular formula is C57H43N7OPt+2. The minimum Gasteiger partial charge on any atom is -0.508 e. The number of aryl methyl sites for hydroxylation is 2. The second kappa shape index (κ2) is 17.1. The van der Waals surface area contributed by atoms with Crippen LogP contribution in [0.4, 0.5) is 22.7 Å². The van der Waals surface area contributed by atoms with E-state index in [-0.39, 0.29) is 26.5 Å². The van der Waals surface area contributed by atoms with Gasteiger partial charge in [-0.05, 0) is 58.6 Å². The third-order valence-corrected chi connectivity index (χ3v) is 11.8. The topological polar surface area (TPSA) is 71.7 Å². The standard InChI is InChI=1S/C57H43N7O.Pt/c1-37-20-24-39(25-21-37)54-59-55(40-26-22-38(2)23-27-40)61-56(60-54)47-34-46-45-15-6-7-16-48(45)64(53-19-10-11-32-58-53)51(46)35-52(47)65-44-14-12-13-43(33-44)63-36-62(49-17-8-9-18-50(49)63)42-30-28-41(29-31-42)57(3,4)5;/h6-32,34H,1-5H3;/q;+2. The van der Waals surface area contributed by atoms with E-state index in [1.54, 1.807) is 6.20 Å². The summed E-state index contributed by atoms with van der Waals surface area (Å²) in [5, 5.41) is 1.99. The first-order valence-electron chi connectivity index (χ1n) is 21.7. The Hall–Kier alpha value is -7.63. The van der Waals surface area contributed by atoms with Crippen molar-refractivity contribution in [2.24, 2.45) is 0 Å². The quantitative estimate of drug-likeness (QED) is 0.112. The zero-order valence-electron chi connectivity index (χ0n) is 37.0. The fourth-order valence-electron chi connectivity index (χ4n) is 8.33. The van der Waals surface area contributed by atoms with E-state index in [1.165, 1.54) is 5.56 Å². The molecule has 0 atom stereocenters. The van der Waals surface area contributed by atoms with Gasteiger partial charge in [0.15, 0.2) is 11.6 Å². The number of hydrogen-bond acceptors (Lipinski definition) is 5. The van der Waals surface area contributed by atoms with Gasteiger partial charge in [0, 0.05) is 58.6 Å². The summed E-state index contributed by atoms with van der Waals surface area (Å²) in [4.78, 5) is 20.2. The molecule has 66 heavy (non-hydrogen) atoms. The van der Waals surface area contributed by atoms with Crippen LogP contribution in [0.15, 0.2) is 170 Å². The van der Waals surface area contributed by atoms with Gasteiger partial charge in [-0.2, -0.15) is 6.07 Å². The summed E-state index contributed by atoms with van der Waals surface area (Å²) < 4.78 is 13.3. The molecule has 0 radical (unpaired) electrons. The van der Waals surface area contributed by atoms with Gasteiger partial charge >= 0.3 is 27.1 Å². The molecule has 0 amide bonds. The Bertz CT molecular complexity index is 3470. The van der Waals surface area contributed by atoms with Crippen LogP contribution >= 0.6 is 0 Å². The van der Waals surface area contributed by atoms with Crippen LogP contribution in [0.1, 0.15) is 37.5 Å². The van der Waals surface area contributed by atoms with Crippen molar-refractivity contribution in [3.8, 4) is 51.5 Å². The van der Waals surface area contributed by atoms with Gasteiger partial charge in [0.05, 0.1) is 0 Å². The van der Waals surface area contributed by atoms with E-state index in [1.807, 2.05) is 77.4 Å². The Kier molecular flexibility index (Phi) is 10.9. The van der Waals surface area contributed by atoms with Crippen molar-refractivity contribution in [1.29, 1.82) is 0 Å². The van der Waals surface area contributed by atoms with E-state index in [9.17, 15) is 0 Å². The van der Waals surface area contributed by atoms with Crippen LogP contribution in [-0.4, -0.2) is 30.5 Å². The van der Waals surface area contributed by atoms with Gasteiger partial charge < -0.3 is 9.30 Å². The first-order valence-corrected chi connectivity index (χ1v) is 21.7. The van der Waals surface area contributed by atoms with Crippen LogP contribution < -0.4 is 13.9 Å². The maximum atomic E-state index is 7.01. The molecule has 0 saturated carbocycles. The molecule has 0 aliphatic carbocycles. The largest absolute Gasteiger partial charge is 2.00 e. The number of nitrogens with zero attached hydrogens (tertiary/aromatic N) is 7. The molecule has 0 saturated heterocycles. The molecule has 8 nitrogen and oxygen atoms in total. The summed E-state index contributed by atoms with van der Waals surface area (Å²) >= 11 is 0. The van der Waals surface area contributed by atoms with Crippen LogP contribution in [-0.2, 0) is 26.5 Å². The van der Waals surface area contributed by atoms with Gasteiger partial charge in [0.2, 0.25) is 5.69 Å². The molecule has 11 rings (SSSR count). The SMILES string of the molecule is Cc1ccc(-c2nc(-c3ccc(C)cc3)nc(-c3cc4c5ccccc5n(-c5ccccn5)c4[c-]c3Oc3[c-]c([N+]4=C=[N+](c5ccc(C(C)(C)C)cc5)c5ccccc54)ccc3)n2)cc1.[Pt+2]. The van der Waals surface area contributed by atoms with Gasteiger partial charge in [0.25, 0.3) is 11.4 Å². The zero-order valence-corrected chi connectivity index (χ0v) is 39.3. The fraction of sp³-hybridized carbons (Fsp3) is 0.105. The molecule has 320 valence electrons. The fourth-order valence-corrected chi connectivity index (χ4v) is 8.33. The maximum Gasteiger partial charge on any atom is 2.00 e. The smallest absolute Gasteiger partial charge is 0.508 e. The number of aromatic nitrogens is 5. The van der Waals surface area contributed by atoms with Gasteiger partial charge in [0.1, 0.15) is 17.3 Å². The summed E-state index contributed by atoms with van der Waals surface area (Å²) in [6, 6.07) is 66.7. The number of pyridine rings is 1. The van der Waals surface area contributed by atoms with Crippen molar-refractivity contribution in [3.63, 3.8) is 0 Å². The van der Waals surface area contributed by atoms with Crippen molar-refractivity contribution < 1.29 is 25.8 Å². The third kappa shape index (κ3) is 7.85. The van der Waals surface area contributed by atoms with Crippen LogP contribution in [0.2, 0.25) is 0 Å². The molecule has 10 aromatic rings. The Morgan fingerprint density at radius 1 is 0.591 bits per heavy atom. The molecule has 4 heterocycles. The number of rotatable bonds is 8. The normalized spacial score (nSPS) is 12.1. The van der Waals surface area contributed by atoms with E-state index < -0.39 is 0 Å². The summed E-state index contributed by atoms with van der Waals surface area (Å²) in [5.41, 5.74) is 11.6. The molecule has 0 unspecified atom stereocenters. The second-order valence-electron chi connectivity index (χ2n) is 17.4. The number of benzene rings is 7. The Balaban J connectivity index is 0.00000511. The molecule has 0 spiro atoms. The molecular weight excluding hydrogens is 994 g/mol. The van der Waals surface area contributed by atoms with Crippen molar-refractivity contribution >= 4 is 50.6 Å². The molecule has 1 aliphatic heterocycles. The van der Waals surface area contributed by atoms with E-state index in [0.717, 1.165) is 72.6 Å². The molecule has 3 aromatic heterocycles. The second-order valence-corrected chi connectivity index (χ2v) is 17.4. The van der Waals surface area contributed by atoms with Gasteiger partial charge in [-0.3, -0.25) is 0 Å². The van der Waals surface area contributed by atoms with E-state index in [2.05, 4.69) is 153 Å². The molecule has 0 fully saturated rings. The van der Waals surface area contributed by atoms with Gasteiger partial charge in [-0.15, -0.1) is 23.6 Å². The summed E-state index contributed by atoms with van der Waals surface area (Å²) in [5.74, 6) is 3.24. The van der Waals surface area contributed by atoms with Crippen molar-refractivity contribution in [3.05, 3.63) is 199 Å². The maximum absolute atomic E-state index is 7.01. The summed E-state index contributed by atoms with van der Waals surface area (Å²) in [7, 11) is 0. The third-order valence-electron chi connectivity index (χ3n) is 11.8. The molecule has 9 heteroatoms. The van der Waals surface area contributed by atoms with Gasteiger partial charge in [-0.25, -0.2) is 19.9 Å². The number of para-hydroxylation sites is 3. The molecule has 0 N–H and O–H groups in total. The Morgan fingerprint density at radius 2 is 1.21 bits per heavy atom. The van der Waals surface area contributed by atoms with E-state index in [0.29, 0.717) is 34.5 Å². The van der Waals surface area contributed by atoms with Crippen molar-refractivity contribution in [2.75, 3.05) is 0 Å². The van der Waals surface area contributed by atoms with Crippen molar-refractivity contribution in [1.82, 2.24) is 33.7 Å². The minimum absolute atomic E-state index is 0. The van der Waals surface area contributed by atoms with Crippen molar-refractivity contribution in [2.45, 2.75) is 40.0 Å². The number of hydrogen-bond donors (Lipinski definition) is 0. The first-order chi connectivity index (χ1) is 31.6. The monoisotopic (exact) mass is 1040 g/mol. The average molecular weight is 1040 g/mol. The van der Waals surface area contributed by atoms with Crippen LogP contribution in [0.25, 0.3) is 61.8 Å². The molecule has 1 aliphatic rings. The average Bonchev–Trinajstić information content (AvgIpc) is 3.88. The molecule has 7 aromatic carbocycles. The van der Waals surface area contributed by atoms with E-state index in [4.69, 9.17) is 24.7 Å². The van der Waals surface area contributed by atoms with E-state index >= 15 is 0 Å². The minimum atomic E-state index is 0. The predicted octanol–water partition coefficient (Wildman–Crippen LogP) is 13.5. The molecule has 0 bridgehead atoms. The summed E-state index contributed by atoms with van der Waals surface area (Å²) in [6.45, 7) is 10.8. The van der Waals surface area contributed by atoms with Crippen LogP contribution in [0.3, 0.4) is 0 Å². The van der Waals surface area contributed by atoms with Crippen LogP contribution in [0.5, 0.6) is 11.5 Å². The predicted molar refractivity (Wildman–Crippen MR) is 261 cm³/mol. The van der Waals surface area contributed by atoms with Crippen LogP contribution in [0, 0.1) is 26.0 Å².